The van der Waals surface area contributed by atoms with Crippen LogP contribution in [-0.2, 0) is 22.7 Å². The van der Waals surface area contributed by atoms with Gasteiger partial charge in [-0.2, -0.15) is 10.1 Å². The average Bonchev–Trinajstić information content (AvgIpc) is 3.19. The lowest BCUT2D eigenvalue weighted by Gasteiger charge is -2.03. The molecule has 0 fully saturated rings. The first-order valence-corrected chi connectivity index (χ1v) is 7.52. The van der Waals surface area contributed by atoms with E-state index >= 15 is 0 Å². The summed E-state index contributed by atoms with van der Waals surface area (Å²) in [6.45, 7) is 2.55. The van der Waals surface area contributed by atoms with Crippen molar-refractivity contribution in [3.05, 3.63) is 51.9 Å². The van der Waals surface area contributed by atoms with Crippen LogP contribution in [0.4, 0.5) is 5.69 Å². The molecular formula is C15H14N6O5. The van der Waals surface area contributed by atoms with Gasteiger partial charge in [0.05, 0.1) is 4.92 Å². The van der Waals surface area contributed by atoms with Crippen molar-refractivity contribution in [1.82, 2.24) is 24.9 Å². The minimum atomic E-state index is -0.633. The van der Waals surface area contributed by atoms with E-state index < -0.39 is 10.9 Å². The van der Waals surface area contributed by atoms with Gasteiger partial charge in [-0.1, -0.05) is 5.16 Å². The van der Waals surface area contributed by atoms with Gasteiger partial charge in [0.15, 0.2) is 6.61 Å². The van der Waals surface area contributed by atoms with Crippen molar-refractivity contribution >= 4 is 11.7 Å². The van der Waals surface area contributed by atoms with Crippen LogP contribution in [0.5, 0.6) is 0 Å². The number of nitrogens with zero attached hydrogens (tertiary/aromatic N) is 6. The van der Waals surface area contributed by atoms with Crippen LogP contribution in [0.3, 0.4) is 0 Å². The number of ether oxygens (including phenoxy) is 1. The maximum atomic E-state index is 12.0. The summed E-state index contributed by atoms with van der Waals surface area (Å²) in [4.78, 5) is 30.5. The number of nitro groups is 1. The molecule has 3 heterocycles. The third-order valence-corrected chi connectivity index (χ3v) is 3.55. The maximum Gasteiger partial charge on any atom is 0.328 e. The number of carbonyl (C=O) groups is 1. The molecule has 0 saturated carbocycles. The summed E-state index contributed by atoms with van der Waals surface area (Å²) < 4.78 is 11.3. The number of esters is 1. The Balaban J connectivity index is 1.61. The number of pyridine rings is 1. The van der Waals surface area contributed by atoms with Crippen LogP contribution in [0.2, 0.25) is 0 Å². The summed E-state index contributed by atoms with van der Waals surface area (Å²) in [7, 11) is 0. The molecule has 0 bridgehead atoms. The van der Waals surface area contributed by atoms with Crippen LogP contribution in [0.15, 0.2) is 29.0 Å². The molecule has 3 aromatic heterocycles. The Kier molecular flexibility index (Phi) is 4.69. The number of aryl methyl sites for hydroxylation is 1. The standard InChI is InChI=1S/C15H14N6O5/c1-9-14(21(23)24)10(2)20(18-9)7-13(22)25-8-12-17-15(19-26-12)11-4-3-5-16-6-11/h3-6H,7-8H2,1-2H3. The summed E-state index contributed by atoms with van der Waals surface area (Å²) in [6.07, 6.45) is 3.20. The number of hydrogen-bond acceptors (Lipinski definition) is 9. The molecule has 0 spiro atoms. The summed E-state index contributed by atoms with van der Waals surface area (Å²) in [5.41, 5.74) is 1.07. The highest BCUT2D eigenvalue weighted by Crippen LogP contribution is 2.21. The van der Waals surface area contributed by atoms with E-state index in [0.29, 0.717) is 11.4 Å². The van der Waals surface area contributed by atoms with Crippen LogP contribution in [0, 0.1) is 24.0 Å². The molecule has 0 radical (unpaired) electrons. The van der Waals surface area contributed by atoms with Gasteiger partial charge in [0, 0.05) is 18.0 Å². The van der Waals surface area contributed by atoms with Crippen molar-refractivity contribution in [2.75, 3.05) is 0 Å². The van der Waals surface area contributed by atoms with Crippen molar-refractivity contribution in [1.29, 1.82) is 0 Å². The van der Waals surface area contributed by atoms with Gasteiger partial charge in [0.25, 0.3) is 5.89 Å². The SMILES string of the molecule is Cc1nn(CC(=O)OCc2nc(-c3cccnc3)no2)c(C)c1[N+](=O)[O-]. The second-order valence-corrected chi connectivity index (χ2v) is 5.35. The van der Waals surface area contributed by atoms with E-state index in [1.807, 2.05) is 0 Å². The molecular weight excluding hydrogens is 344 g/mol. The fourth-order valence-corrected chi connectivity index (χ4v) is 2.34. The lowest BCUT2D eigenvalue weighted by atomic mass is 10.3. The lowest BCUT2D eigenvalue weighted by Crippen LogP contribution is -2.15. The summed E-state index contributed by atoms with van der Waals surface area (Å²) in [5, 5.41) is 18.7. The molecule has 11 heteroatoms. The van der Waals surface area contributed by atoms with Crippen molar-refractivity contribution in [3.8, 4) is 11.4 Å². The van der Waals surface area contributed by atoms with Gasteiger partial charge in [-0.25, -0.2) is 0 Å². The molecule has 3 rings (SSSR count). The number of hydrogen-bond donors (Lipinski definition) is 0. The van der Waals surface area contributed by atoms with Crippen molar-refractivity contribution < 1.29 is 19.0 Å². The normalized spacial score (nSPS) is 10.7. The van der Waals surface area contributed by atoms with Gasteiger partial charge >= 0.3 is 11.7 Å². The zero-order chi connectivity index (χ0) is 18.7. The molecule has 0 unspecified atom stereocenters. The molecule has 0 atom stereocenters. The molecule has 0 aliphatic carbocycles. The molecule has 134 valence electrons. The van der Waals surface area contributed by atoms with Crippen LogP contribution in [0.1, 0.15) is 17.3 Å². The molecule has 3 aromatic rings. The molecule has 0 aliphatic rings. The lowest BCUT2D eigenvalue weighted by molar-refractivity contribution is -0.386. The quantitative estimate of drug-likeness (QED) is 0.365. The molecule has 0 aromatic carbocycles. The zero-order valence-corrected chi connectivity index (χ0v) is 13.9. The van der Waals surface area contributed by atoms with Crippen molar-refractivity contribution in [3.63, 3.8) is 0 Å². The third-order valence-electron chi connectivity index (χ3n) is 3.55. The van der Waals surface area contributed by atoms with Gasteiger partial charge in [0.2, 0.25) is 5.82 Å². The molecule has 0 amide bonds. The van der Waals surface area contributed by atoms with E-state index in [2.05, 4.69) is 20.2 Å². The molecule has 0 saturated heterocycles. The van der Waals surface area contributed by atoms with E-state index in [0.717, 1.165) is 0 Å². The maximum absolute atomic E-state index is 12.0. The second-order valence-electron chi connectivity index (χ2n) is 5.35. The zero-order valence-electron chi connectivity index (χ0n) is 13.9. The Hall–Kier alpha value is -3.63. The van der Waals surface area contributed by atoms with Crippen molar-refractivity contribution in [2.24, 2.45) is 0 Å². The molecule has 11 nitrogen and oxygen atoms in total. The minimum Gasteiger partial charge on any atom is -0.454 e. The number of carbonyl (C=O) groups excluding carboxylic acids is 1. The Bertz CT molecular complexity index is 949. The van der Waals surface area contributed by atoms with E-state index in [1.54, 1.807) is 24.5 Å². The first-order valence-electron chi connectivity index (χ1n) is 7.52. The summed E-state index contributed by atoms with van der Waals surface area (Å²) in [6, 6.07) is 3.50. The van der Waals surface area contributed by atoms with E-state index in [1.165, 1.54) is 18.5 Å². The van der Waals surface area contributed by atoms with Crippen LogP contribution in [-0.4, -0.2) is 35.8 Å². The highest BCUT2D eigenvalue weighted by atomic mass is 16.6. The Labute approximate surface area is 146 Å². The van der Waals surface area contributed by atoms with Gasteiger partial charge in [-0.15, -0.1) is 0 Å². The Morgan fingerprint density at radius 3 is 2.88 bits per heavy atom. The van der Waals surface area contributed by atoms with Crippen LogP contribution < -0.4 is 0 Å². The summed E-state index contributed by atoms with van der Waals surface area (Å²) in [5.74, 6) is -0.179. The highest BCUT2D eigenvalue weighted by Gasteiger charge is 2.23. The second kappa shape index (κ2) is 7.09. The summed E-state index contributed by atoms with van der Waals surface area (Å²) >= 11 is 0. The fraction of sp³-hybridized carbons (Fsp3) is 0.267. The van der Waals surface area contributed by atoms with E-state index in [-0.39, 0.29) is 36.1 Å². The van der Waals surface area contributed by atoms with Gasteiger partial charge < -0.3 is 9.26 Å². The Morgan fingerprint density at radius 2 is 2.23 bits per heavy atom. The van der Waals surface area contributed by atoms with Crippen molar-refractivity contribution in [2.45, 2.75) is 27.0 Å². The largest absolute Gasteiger partial charge is 0.454 e. The predicted molar refractivity (Wildman–Crippen MR) is 85.7 cm³/mol. The third kappa shape index (κ3) is 3.55. The van der Waals surface area contributed by atoms with E-state index in [4.69, 9.17) is 9.26 Å². The first-order chi connectivity index (χ1) is 12.5. The molecule has 0 N–H and O–H groups in total. The minimum absolute atomic E-state index is 0.115. The monoisotopic (exact) mass is 358 g/mol. The van der Waals surface area contributed by atoms with Gasteiger partial charge in [-0.05, 0) is 26.0 Å². The number of rotatable bonds is 6. The molecule has 0 aliphatic heterocycles. The van der Waals surface area contributed by atoms with Gasteiger partial charge in [0.1, 0.15) is 17.9 Å². The number of aromatic nitrogens is 5. The van der Waals surface area contributed by atoms with E-state index in [9.17, 15) is 14.9 Å². The average molecular weight is 358 g/mol. The Morgan fingerprint density at radius 1 is 1.42 bits per heavy atom. The topological polar surface area (TPSA) is 139 Å². The predicted octanol–water partition coefficient (Wildman–Crippen LogP) is 1.60. The smallest absolute Gasteiger partial charge is 0.328 e. The van der Waals surface area contributed by atoms with Crippen LogP contribution >= 0.6 is 0 Å². The highest BCUT2D eigenvalue weighted by molar-refractivity contribution is 5.69. The molecule has 26 heavy (non-hydrogen) atoms. The fourth-order valence-electron chi connectivity index (χ4n) is 2.34. The first kappa shape index (κ1) is 17.2. The van der Waals surface area contributed by atoms with Crippen LogP contribution in [0.25, 0.3) is 11.4 Å². The van der Waals surface area contributed by atoms with Gasteiger partial charge in [-0.3, -0.25) is 24.6 Å².